The van der Waals surface area contributed by atoms with Crippen LogP contribution in [0.25, 0.3) is 11.0 Å². The molecular weight excluding hydrogens is 540 g/mol. The number of hydrogen-bond donors (Lipinski definition) is 3. The molecule has 2 aromatic heterocycles. The third-order valence-corrected chi connectivity index (χ3v) is 4.30. The Hall–Kier alpha value is -2.39. The van der Waals surface area contributed by atoms with Gasteiger partial charge in [-0.1, -0.05) is 27.7 Å². The molecule has 0 fully saturated rings. The van der Waals surface area contributed by atoms with Gasteiger partial charge in [0.1, 0.15) is 11.2 Å². The molecule has 2 amide bonds. The van der Waals surface area contributed by atoms with Crippen molar-refractivity contribution in [1.82, 2.24) is 9.97 Å². The number of halogens is 4. The van der Waals surface area contributed by atoms with Gasteiger partial charge in [0.2, 0.25) is 0 Å². The number of aromatic amines is 1. The number of rotatable bonds is 2. The molecule has 3 aromatic rings. The van der Waals surface area contributed by atoms with E-state index in [2.05, 4.69) is 53.0 Å². The summed E-state index contributed by atoms with van der Waals surface area (Å²) < 4.78 is 37.7. The summed E-state index contributed by atoms with van der Waals surface area (Å²) in [6, 6.07) is 7.12. The molecule has 0 unspecified atom stereocenters. The third kappa shape index (κ3) is 7.99. The minimum atomic E-state index is -4.42. The standard InChI is InChI=1S/C17H10F3IN4OS.2C2H6/c18-17(19,20)10-1-3-11(4-2-10)24-16(26)25-14-9-22-13-6-5-12(7-8-27-21)23-15(13)14;2*1-2/h1-6,9,22H,(H2,24,25,26);2*1-2H3. The van der Waals surface area contributed by atoms with Crippen LogP contribution in [0.2, 0.25) is 0 Å². The normalized spacial score (nSPS) is 9.94. The average molecular weight is 562 g/mol. The van der Waals surface area contributed by atoms with Crippen LogP contribution in [0.15, 0.2) is 42.6 Å². The average Bonchev–Trinajstić information content (AvgIpc) is 3.16. The first-order valence-electron chi connectivity index (χ1n) is 9.39. The zero-order valence-corrected chi connectivity index (χ0v) is 20.3. The highest BCUT2D eigenvalue weighted by Crippen LogP contribution is 2.30. The molecule has 2 heterocycles. The first-order chi connectivity index (χ1) is 14.9. The van der Waals surface area contributed by atoms with Crippen LogP contribution >= 0.6 is 30.1 Å². The number of urea groups is 1. The van der Waals surface area contributed by atoms with Crippen LogP contribution in [-0.2, 0) is 6.18 Å². The van der Waals surface area contributed by atoms with Crippen molar-refractivity contribution in [1.29, 1.82) is 0 Å². The van der Waals surface area contributed by atoms with E-state index in [1.165, 1.54) is 21.1 Å². The van der Waals surface area contributed by atoms with Crippen molar-refractivity contribution in [3.05, 3.63) is 53.9 Å². The fourth-order valence-electron chi connectivity index (χ4n) is 2.26. The third-order valence-electron chi connectivity index (χ3n) is 3.46. The van der Waals surface area contributed by atoms with Crippen LogP contribution in [-0.4, -0.2) is 16.0 Å². The number of nitrogens with zero attached hydrogens (tertiary/aromatic N) is 1. The fraction of sp³-hybridized carbons (Fsp3) is 0.238. The summed E-state index contributed by atoms with van der Waals surface area (Å²) in [5.74, 6) is 2.87. The summed E-state index contributed by atoms with van der Waals surface area (Å²) in [5.41, 5.74) is 1.68. The molecule has 0 radical (unpaired) electrons. The summed E-state index contributed by atoms with van der Waals surface area (Å²) in [7, 11) is 1.33. The van der Waals surface area contributed by atoms with Gasteiger partial charge in [0.05, 0.1) is 16.8 Å². The quantitative estimate of drug-likeness (QED) is 0.222. The number of hydrogen-bond acceptors (Lipinski definition) is 3. The molecule has 3 N–H and O–H groups in total. The predicted molar refractivity (Wildman–Crippen MR) is 131 cm³/mol. The molecule has 0 spiro atoms. The second-order valence-corrected chi connectivity index (χ2v) is 6.93. The topological polar surface area (TPSA) is 69.8 Å². The maximum absolute atomic E-state index is 12.6. The van der Waals surface area contributed by atoms with E-state index < -0.39 is 17.8 Å². The summed E-state index contributed by atoms with van der Waals surface area (Å²) in [6.07, 6.45) is -2.85. The Morgan fingerprint density at radius 2 is 1.71 bits per heavy atom. The first kappa shape index (κ1) is 26.6. The van der Waals surface area contributed by atoms with Gasteiger partial charge < -0.3 is 15.6 Å². The van der Waals surface area contributed by atoms with Gasteiger partial charge >= 0.3 is 12.2 Å². The molecule has 3 rings (SSSR count). The number of aromatic nitrogens is 2. The Labute approximate surface area is 195 Å². The number of fused-ring (bicyclic) bond motifs is 1. The number of nitrogens with one attached hydrogen (secondary N) is 3. The van der Waals surface area contributed by atoms with Gasteiger partial charge in [0, 0.05) is 33.1 Å². The molecule has 5 nitrogen and oxygen atoms in total. The van der Waals surface area contributed by atoms with Gasteiger partial charge in [0.15, 0.2) is 0 Å². The van der Waals surface area contributed by atoms with Gasteiger partial charge in [-0.3, -0.25) is 0 Å². The van der Waals surface area contributed by atoms with Crippen molar-refractivity contribution < 1.29 is 18.0 Å². The summed E-state index contributed by atoms with van der Waals surface area (Å²) in [6.45, 7) is 8.00. The van der Waals surface area contributed by atoms with E-state index in [4.69, 9.17) is 0 Å². The minimum absolute atomic E-state index is 0.235. The lowest BCUT2D eigenvalue weighted by Crippen LogP contribution is -2.19. The van der Waals surface area contributed by atoms with Crippen LogP contribution in [0.5, 0.6) is 0 Å². The second-order valence-electron chi connectivity index (χ2n) is 5.25. The Kier molecular flexibility index (Phi) is 11.3. The molecule has 0 saturated heterocycles. The number of pyridine rings is 1. The number of benzene rings is 1. The molecular formula is C21H22F3IN4OS. The van der Waals surface area contributed by atoms with Gasteiger partial charge in [0.25, 0.3) is 0 Å². The van der Waals surface area contributed by atoms with E-state index in [0.29, 0.717) is 22.4 Å². The van der Waals surface area contributed by atoms with Crippen molar-refractivity contribution in [2.45, 2.75) is 33.9 Å². The fourth-order valence-corrected chi connectivity index (χ4v) is 2.74. The zero-order chi connectivity index (χ0) is 23.4. The van der Waals surface area contributed by atoms with E-state index >= 15 is 0 Å². The highest BCUT2D eigenvalue weighted by Gasteiger charge is 2.30. The molecule has 0 aliphatic carbocycles. The minimum Gasteiger partial charge on any atom is -0.358 e. The van der Waals surface area contributed by atoms with E-state index in [9.17, 15) is 18.0 Å². The first-order valence-corrected chi connectivity index (χ1v) is 12.7. The van der Waals surface area contributed by atoms with Gasteiger partial charge in [-0.05, 0) is 56.5 Å². The molecule has 0 aliphatic heterocycles. The molecule has 31 heavy (non-hydrogen) atoms. The monoisotopic (exact) mass is 562 g/mol. The number of carbonyl (C=O) groups excluding carboxylic acids is 1. The van der Waals surface area contributed by atoms with E-state index in [0.717, 1.165) is 12.1 Å². The summed E-state index contributed by atoms with van der Waals surface area (Å²) in [5, 5.41) is 7.93. The molecule has 1 aromatic carbocycles. The second kappa shape index (κ2) is 13.1. The van der Waals surface area contributed by atoms with E-state index in [1.807, 2.05) is 27.7 Å². The molecule has 0 bridgehead atoms. The Morgan fingerprint density at radius 3 is 2.29 bits per heavy atom. The lowest BCUT2D eigenvalue weighted by Gasteiger charge is -2.09. The van der Waals surface area contributed by atoms with Crippen LogP contribution in [0.4, 0.5) is 29.3 Å². The molecule has 10 heteroatoms. The van der Waals surface area contributed by atoms with E-state index in [-0.39, 0.29) is 5.69 Å². The van der Waals surface area contributed by atoms with Crippen molar-refractivity contribution in [2.75, 3.05) is 10.6 Å². The molecule has 166 valence electrons. The van der Waals surface area contributed by atoms with E-state index in [1.54, 1.807) is 18.3 Å². The molecule has 0 saturated carbocycles. The maximum Gasteiger partial charge on any atom is 0.416 e. The van der Waals surface area contributed by atoms with Crippen molar-refractivity contribution in [3.8, 4) is 11.2 Å². The largest absolute Gasteiger partial charge is 0.416 e. The summed E-state index contributed by atoms with van der Waals surface area (Å²) in [4.78, 5) is 19.5. The number of alkyl halides is 3. The van der Waals surface area contributed by atoms with Crippen molar-refractivity contribution in [2.24, 2.45) is 0 Å². The Balaban J connectivity index is 0.00000113. The van der Waals surface area contributed by atoms with Gasteiger partial charge in [-0.2, -0.15) is 13.2 Å². The highest BCUT2D eigenvalue weighted by molar-refractivity contribution is 14.2. The number of anilines is 2. The van der Waals surface area contributed by atoms with Gasteiger partial charge in [-0.15, -0.1) is 0 Å². The lowest BCUT2D eigenvalue weighted by atomic mass is 10.2. The van der Waals surface area contributed by atoms with Crippen molar-refractivity contribution >= 4 is 58.6 Å². The van der Waals surface area contributed by atoms with Gasteiger partial charge in [-0.25, -0.2) is 9.78 Å². The number of carbonyl (C=O) groups is 1. The lowest BCUT2D eigenvalue weighted by molar-refractivity contribution is -0.137. The highest BCUT2D eigenvalue weighted by atomic mass is 127. The number of amides is 2. The Morgan fingerprint density at radius 1 is 1.06 bits per heavy atom. The van der Waals surface area contributed by atoms with Crippen LogP contribution < -0.4 is 10.6 Å². The smallest absolute Gasteiger partial charge is 0.358 e. The van der Waals surface area contributed by atoms with Crippen LogP contribution in [0, 0.1) is 11.2 Å². The maximum atomic E-state index is 12.6. The van der Waals surface area contributed by atoms with Crippen LogP contribution in [0.1, 0.15) is 39.0 Å². The SMILES string of the molecule is CC.CC.O=C(Nc1ccc(C(F)(F)F)cc1)Nc1c[nH]c2ccc(C#CSI)nc12. The zero-order valence-electron chi connectivity index (χ0n) is 17.3. The molecule has 0 atom stereocenters. The molecule has 0 aliphatic rings. The van der Waals surface area contributed by atoms with Crippen LogP contribution in [0.3, 0.4) is 0 Å². The Bertz CT molecular complexity index is 1040. The van der Waals surface area contributed by atoms with Crippen molar-refractivity contribution in [3.63, 3.8) is 0 Å². The number of H-pyrrole nitrogens is 1. The summed E-state index contributed by atoms with van der Waals surface area (Å²) >= 11 is 2.05. The predicted octanol–water partition coefficient (Wildman–Crippen LogP) is 7.67.